The van der Waals surface area contributed by atoms with E-state index in [0.29, 0.717) is 23.6 Å². The fourth-order valence-electron chi connectivity index (χ4n) is 3.49. The maximum atomic E-state index is 12.1. The smallest absolute Gasteiger partial charge is 0.232 e. The molecule has 0 aliphatic heterocycles. The summed E-state index contributed by atoms with van der Waals surface area (Å²) in [5.74, 6) is 0.437. The molecule has 0 spiro atoms. The van der Waals surface area contributed by atoms with E-state index in [2.05, 4.69) is 30.4 Å². The van der Waals surface area contributed by atoms with E-state index >= 15 is 0 Å². The standard InChI is InChI=1S/C20H16N8O.C4H7NO/c21-7-15-4-1-12(8-23-15)10-28-11-14(9-24-28)17-16-5-6-22-18(16)26-20(25-17)27-19(29)13-2-3-13;5-4(6)3-1-2-3/h1,4-6,8-9,11,13H,2-3,10H2,(H2,22,25,26,27,29);3H,1-2H2,(H2,5,6). The molecular weight excluding hydrogens is 446 g/mol. The maximum absolute atomic E-state index is 12.1. The highest BCUT2D eigenvalue weighted by Gasteiger charge is 2.30. The zero-order chi connectivity index (χ0) is 24.4. The first-order valence-corrected chi connectivity index (χ1v) is 11.3. The third-order valence-corrected chi connectivity index (χ3v) is 5.77. The van der Waals surface area contributed by atoms with E-state index in [1.54, 1.807) is 29.3 Å². The van der Waals surface area contributed by atoms with Crippen molar-refractivity contribution in [1.82, 2.24) is 29.7 Å². The summed E-state index contributed by atoms with van der Waals surface area (Å²) >= 11 is 0. The molecule has 2 aliphatic rings. The summed E-state index contributed by atoms with van der Waals surface area (Å²) in [4.78, 5) is 38.2. The summed E-state index contributed by atoms with van der Waals surface area (Å²) in [7, 11) is 0. The molecule has 0 saturated heterocycles. The van der Waals surface area contributed by atoms with Gasteiger partial charge in [0.25, 0.3) is 0 Å². The zero-order valence-electron chi connectivity index (χ0n) is 18.8. The van der Waals surface area contributed by atoms with Crippen LogP contribution in [-0.4, -0.2) is 41.5 Å². The van der Waals surface area contributed by atoms with Gasteiger partial charge in [-0.05, 0) is 43.4 Å². The Hall–Kier alpha value is -4.59. The number of carbonyl (C=O) groups is 2. The lowest BCUT2D eigenvalue weighted by atomic mass is 10.2. The van der Waals surface area contributed by atoms with Gasteiger partial charge >= 0.3 is 0 Å². The number of nitriles is 1. The first-order chi connectivity index (χ1) is 17.0. The summed E-state index contributed by atoms with van der Waals surface area (Å²) in [5, 5.41) is 16.9. The van der Waals surface area contributed by atoms with Crippen LogP contribution < -0.4 is 11.1 Å². The van der Waals surface area contributed by atoms with Crippen LogP contribution in [0.5, 0.6) is 0 Å². The van der Waals surface area contributed by atoms with E-state index in [4.69, 9.17) is 11.0 Å². The molecule has 0 unspecified atom stereocenters. The number of pyridine rings is 1. The van der Waals surface area contributed by atoms with Crippen molar-refractivity contribution >= 4 is 28.8 Å². The monoisotopic (exact) mass is 469 g/mol. The Morgan fingerprint density at radius 3 is 2.57 bits per heavy atom. The number of carbonyl (C=O) groups excluding carboxylic acids is 2. The SMILES string of the molecule is N#Cc1ccc(Cn2cc(-c3nc(NC(=O)C4CC4)nc4[nH]ccc34)cn2)cn1.NC(=O)C1CC1. The zero-order valence-corrected chi connectivity index (χ0v) is 18.8. The minimum atomic E-state index is -0.130. The van der Waals surface area contributed by atoms with Gasteiger partial charge in [-0.3, -0.25) is 19.6 Å². The van der Waals surface area contributed by atoms with Crippen molar-refractivity contribution in [1.29, 1.82) is 5.26 Å². The van der Waals surface area contributed by atoms with Crippen LogP contribution in [-0.2, 0) is 16.1 Å². The van der Waals surface area contributed by atoms with Crippen molar-refractivity contribution in [3.63, 3.8) is 0 Å². The molecule has 35 heavy (non-hydrogen) atoms. The molecule has 2 aliphatic carbocycles. The molecule has 0 bridgehead atoms. The van der Waals surface area contributed by atoms with Crippen LogP contribution in [0, 0.1) is 23.2 Å². The maximum Gasteiger partial charge on any atom is 0.232 e. The summed E-state index contributed by atoms with van der Waals surface area (Å²) in [6, 6.07) is 7.45. The Bertz CT molecular complexity index is 1420. The molecule has 4 heterocycles. The van der Waals surface area contributed by atoms with E-state index in [1.165, 1.54) is 0 Å². The first kappa shape index (κ1) is 22.2. The largest absolute Gasteiger partial charge is 0.369 e. The molecule has 2 amide bonds. The molecule has 4 N–H and O–H groups in total. The Morgan fingerprint density at radius 2 is 1.94 bits per heavy atom. The fourth-order valence-corrected chi connectivity index (χ4v) is 3.49. The number of amides is 2. The number of aromatic amines is 1. The quantitative estimate of drug-likeness (QED) is 0.389. The lowest BCUT2D eigenvalue weighted by molar-refractivity contribution is -0.119. The topological polar surface area (TPSA) is 168 Å². The third kappa shape index (κ3) is 5.33. The van der Waals surface area contributed by atoms with Gasteiger partial charge in [0.1, 0.15) is 17.4 Å². The summed E-state index contributed by atoms with van der Waals surface area (Å²) in [6.07, 6.45) is 11.0. The number of aromatic nitrogens is 6. The highest BCUT2D eigenvalue weighted by Crippen LogP contribution is 2.31. The first-order valence-electron chi connectivity index (χ1n) is 11.3. The number of nitrogens with zero attached hydrogens (tertiary/aromatic N) is 6. The van der Waals surface area contributed by atoms with Gasteiger partial charge in [0.15, 0.2) is 0 Å². The highest BCUT2D eigenvalue weighted by atomic mass is 16.2. The molecule has 11 heteroatoms. The van der Waals surface area contributed by atoms with Gasteiger partial charge in [0.2, 0.25) is 17.8 Å². The van der Waals surface area contributed by atoms with Crippen molar-refractivity contribution in [3.8, 4) is 17.3 Å². The van der Waals surface area contributed by atoms with E-state index < -0.39 is 0 Å². The molecule has 0 aromatic carbocycles. The Balaban J connectivity index is 0.000000371. The number of hydrogen-bond acceptors (Lipinski definition) is 7. The Morgan fingerprint density at radius 1 is 1.14 bits per heavy atom. The number of anilines is 1. The van der Waals surface area contributed by atoms with Crippen molar-refractivity contribution in [3.05, 3.63) is 54.2 Å². The molecule has 4 aromatic rings. The summed E-state index contributed by atoms with van der Waals surface area (Å²) in [5.41, 5.74) is 8.35. The fraction of sp³-hybridized carbons (Fsp3) is 0.292. The van der Waals surface area contributed by atoms with Gasteiger partial charge in [-0.2, -0.15) is 15.3 Å². The molecular formula is C24H23N9O2. The normalized spacial score (nSPS) is 14.6. The third-order valence-electron chi connectivity index (χ3n) is 5.77. The molecule has 6 rings (SSSR count). The molecule has 2 saturated carbocycles. The van der Waals surface area contributed by atoms with Crippen molar-refractivity contribution in [2.45, 2.75) is 32.2 Å². The van der Waals surface area contributed by atoms with E-state index in [1.807, 2.05) is 24.4 Å². The predicted octanol–water partition coefficient (Wildman–Crippen LogP) is 2.37. The highest BCUT2D eigenvalue weighted by molar-refractivity contribution is 5.96. The lowest BCUT2D eigenvalue weighted by Crippen LogP contribution is -2.15. The number of nitrogens with one attached hydrogen (secondary N) is 2. The van der Waals surface area contributed by atoms with Gasteiger partial charge in [-0.1, -0.05) is 6.07 Å². The van der Waals surface area contributed by atoms with Gasteiger partial charge in [-0.25, -0.2) is 9.97 Å². The summed E-state index contributed by atoms with van der Waals surface area (Å²) < 4.78 is 1.78. The number of H-pyrrole nitrogens is 1. The predicted molar refractivity (Wildman–Crippen MR) is 126 cm³/mol. The average Bonchev–Trinajstić information content (AvgIpc) is 3.79. The Labute approximate surface area is 200 Å². The number of fused-ring (bicyclic) bond motifs is 1. The van der Waals surface area contributed by atoms with Crippen molar-refractivity contribution < 1.29 is 9.59 Å². The van der Waals surface area contributed by atoms with E-state index in [9.17, 15) is 9.59 Å². The molecule has 11 nitrogen and oxygen atoms in total. The van der Waals surface area contributed by atoms with Gasteiger partial charge in [0, 0.05) is 41.4 Å². The second-order valence-corrected chi connectivity index (χ2v) is 8.67. The van der Waals surface area contributed by atoms with Crippen LogP contribution in [0.15, 0.2) is 43.0 Å². The molecule has 2 fully saturated rings. The Kier molecular flexibility index (Phi) is 5.93. The van der Waals surface area contributed by atoms with Gasteiger partial charge in [-0.15, -0.1) is 0 Å². The number of rotatable bonds is 6. The van der Waals surface area contributed by atoms with E-state index in [-0.39, 0.29) is 29.6 Å². The van der Waals surface area contributed by atoms with Crippen LogP contribution >= 0.6 is 0 Å². The summed E-state index contributed by atoms with van der Waals surface area (Å²) in [6.45, 7) is 0.519. The second-order valence-electron chi connectivity index (χ2n) is 8.67. The number of primary amides is 1. The minimum absolute atomic E-state index is 0.0362. The van der Waals surface area contributed by atoms with Crippen molar-refractivity contribution in [2.24, 2.45) is 17.6 Å². The van der Waals surface area contributed by atoms with Crippen LogP contribution in [0.3, 0.4) is 0 Å². The van der Waals surface area contributed by atoms with Crippen LogP contribution in [0.25, 0.3) is 22.3 Å². The lowest BCUT2D eigenvalue weighted by Gasteiger charge is -2.06. The average molecular weight is 470 g/mol. The molecule has 176 valence electrons. The molecule has 4 aromatic heterocycles. The molecule has 0 radical (unpaired) electrons. The second kappa shape index (κ2) is 9.34. The minimum Gasteiger partial charge on any atom is -0.369 e. The van der Waals surface area contributed by atoms with Crippen molar-refractivity contribution in [2.75, 3.05) is 5.32 Å². The number of hydrogen-bond donors (Lipinski definition) is 3. The van der Waals surface area contributed by atoms with Crippen LogP contribution in [0.1, 0.15) is 36.9 Å². The van der Waals surface area contributed by atoms with E-state index in [0.717, 1.165) is 42.2 Å². The van der Waals surface area contributed by atoms with Crippen LogP contribution in [0.2, 0.25) is 0 Å². The number of nitrogens with two attached hydrogens (primary N) is 1. The van der Waals surface area contributed by atoms with Gasteiger partial charge in [0.05, 0.1) is 18.4 Å². The van der Waals surface area contributed by atoms with Crippen LogP contribution in [0.4, 0.5) is 5.95 Å². The molecule has 0 atom stereocenters. The van der Waals surface area contributed by atoms with Gasteiger partial charge < -0.3 is 10.7 Å².